The second kappa shape index (κ2) is 5.99. The van der Waals surface area contributed by atoms with Gasteiger partial charge in [0.15, 0.2) is 0 Å². The van der Waals surface area contributed by atoms with E-state index in [1.54, 1.807) is 16.9 Å². The normalized spacial score (nSPS) is 9.89. The molecule has 0 spiro atoms. The fraction of sp³-hybridized carbons (Fsp3) is 0.214. The van der Waals surface area contributed by atoms with Gasteiger partial charge in [-0.15, -0.1) is 0 Å². The molecule has 0 unspecified atom stereocenters. The molecule has 92 valence electrons. The number of aliphatic hydroxyl groups is 1. The lowest BCUT2D eigenvalue weighted by Crippen LogP contribution is -2.02. The van der Waals surface area contributed by atoms with E-state index in [4.69, 9.17) is 5.11 Å². The van der Waals surface area contributed by atoms with Gasteiger partial charge < -0.3 is 5.11 Å². The topological polar surface area (TPSA) is 38.0 Å². The average molecular weight is 244 g/mol. The van der Waals surface area contributed by atoms with E-state index in [1.165, 1.54) is 12.1 Å². The van der Waals surface area contributed by atoms with Crippen molar-refractivity contribution in [3.8, 4) is 11.8 Å². The predicted octanol–water partition coefficient (Wildman–Crippen LogP) is 1.80. The van der Waals surface area contributed by atoms with Crippen LogP contribution in [0.3, 0.4) is 0 Å². The summed E-state index contributed by atoms with van der Waals surface area (Å²) in [5.41, 5.74) is 1.55. The summed E-state index contributed by atoms with van der Waals surface area (Å²) < 4.78 is 14.9. The van der Waals surface area contributed by atoms with Gasteiger partial charge in [0.1, 0.15) is 5.82 Å². The van der Waals surface area contributed by atoms with Crippen LogP contribution in [-0.2, 0) is 6.54 Å². The maximum Gasteiger partial charge on any atom is 0.124 e. The van der Waals surface area contributed by atoms with Gasteiger partial charge in [0.05, 0.1) is 13.2 Å². The van der Waals surface area contributed by atoms with E-state index in [-0.39, 0.29) is 12.4 Å². The van der Waals surface area contributed by atoms with Crippen molar-refractivity contribution in [2.45, 2.75) is 13.0 Å². The summed E-state index contributed by atoms with van der Waals surface area (Å²) >= 11 is 0. The third kappa shape index (κ3) is 3.19. The Balaban J connectivity index is 2.26. The van der Waals surface area contributed by atoms with Crippen LogP contribution >= 0.6 is 0 Å². The highest BCUT2D eigenvalue weighted by molar-refractivity contribution is 5.41. The van der Waals surface area contributed by atoms with Crippen LogP contribution in [0, 0.1) is 17.7 Å². The quantitative estimate of drug-likeness (QED) is 0.836. The van der Waals surface area contributed by atoms with E-state index in [9.17, 15) is 4.39 Å². The maximum atomic E-state index is 13.2. The van der Waals surface area contributed by atoms with Gasteiger partial charge in [0.25, 0.3) is 0 Å². The summed E-state index contributed by atoms with van der Waals surface area (Å²) in [5, 5.41) is 12.8. The largest absolute Gasteiger partial charge is 0.395 e. The van der Waals surface area contributed by atoms with Crippen molar-refractivity contribution in [3.05, 3.63) is 53.6 Å². The molecule has 2 aromatic rings. The minimum absolute atomic E-state index is 0.0107. The summed E-state index contributed by atoms with van der Waals surface area (Å²) in [6.45, 7) is 0.563. The van der Waals surface area contributed by atoms with Crippen molar-refractivity contribution in [2.75, 3.05) is 6.61 Å². The van der Waals surface area contributed by atoms with E-state index >= 15 is 0 Å². The number of aliphatic hydroxyl groups excluding tert-OH is 1. The molecule has 0 atom stereocenters. The van der Waals surface area contributed by atoms with Crippen molar-refractivity contribution >= 4 is 0 Å². The van der Waals surface area contributed by atoms with Crippen LogP contribution in [0.15, 0.2) is 36.7 Å². The first-order valence-electron chi connectivity index (χ1n) is 5.65. The standard InChI is InChI=1S/C14H13FN2O/c15-14-6-5-13(11-17-8-3-7-16-17)12(10-14)4-1-2-9-18/h3,5-8,10,18H,2,9,11H2. The van der Waals surface area contributed by atoms with E-state index < -0.39 is 0 Å². The van der Waals surface area contributed by atoms with Crippen molar-refractivity contribution in [2.24, 2.45) is 0 Å². The third-order valence-corrected chi connectivity index (χ3v) is 2.42. The van der Waals surface area contributed by atoms with Crippen molar-refractivity contribution < 1.29 is 9.50 Å². The van der Waals surface area contributed by atoms with Crippen molar-refractivity contribution in [1.82, 2.24) is 9.78 Å². The molecule has 0 amide bonds. The molecule has 1 aromatic heterocycles. The van der Waals surface area contributed by atoms with Gasteiger partial charge in [-0.25, -0.2) is 4.39 Å². The minimum atomic E-state index is -0.312. The summed E-state index contributed by atoms with van der Waals surface area (Å²) in [7, 11) is 0. The Hall–Kier alpha value is -2.12. The van der Waals surface area contributed by atoms with Gasteiger partial charge in [0, 0.05) is 24.4 Å². The molecule has 0 radical (unpaired) electrons. The van der Waals surface area contributed by atoms with Gasteiger partial charge in [-0.3, -0.25) is 4.68 Å². The molecule has 0 aliphatic heterocycles. The van der Waals surface area contributed by atoms with Gasteiger partial charge >= 0.3 is 0 Å². The predicted molar refractivity (Wildman–Crippen MR) is 66.3 cm³/mol. The Labute approximate surface area is 105 Å². The zero-order chi connectivity index (χ0) is 12.8. The first kappa shape index (κ1) is 12.3. The summed E-state index contributed by atoms with van der Waals surface area (Å²) in [6.07, 6.45) is 3.92. The SMILES string of the molecule is OCCC#Cc1cc(F)ccc1Cn1cccn1. The summed E-state index contributed by atoms with van der Waals surface area (Å²) in [4.78, 5) is 0. The van der Waals surface area contributed by atoms with E-state index in [1.807, 2.05) is 12.3 Å². The second-order valence-corrected chi connectivity index (χ2v) is 3.78. The molecule has 1 aromatic carbocycles. The second-order valence-electron chi connectivity index (χ2n) is 3.78. The van der Waals surface area contributed by atoms with Gasteiger partial charge in [-0.2, -0.15) is 5.10 Å². The highest BCUT2D eigenvalue weighted by Crippen LogP contribution is 2.11. The highest BCUT2D eigenvalue weighted by Gasteiger charge is 2.03. The molecule has 4 heteroatoms. The molecule has 1 N–H and O–H groups in total. The van der Waals surface area contributed by atoms with Crippen LogP contribution < -0.4 is 0 Å². The number of hydrogen-bond acceptors (Lipinski definition) is 2. The minimum Gasteiger partial charge on any atom is -0.395 e. The Morgan fingerprint density at radius 1 is 1.39 bits per heavy atom. The number of hydrogen-bond donors (Lipinski definition) is 1. The lowest BCUT2D eigenvalue weighted by Gasteiger charge is -2.05. The molecule has 0 saturated carbocycles. The number of nitrogens with zero attached hydrogens (tertiary/aromatic N) is 2. The fourth-order valence-electron chi connectivity index (χ4n) is 1.59. The molecule has 0 fully saturated rings. The first-order chi connectivity index (χ1) is 8.79. The van der Waals surface area contributed by atoms with Crippen LogP contribution in [-0.4, -0.2) is 21.5 Å². The van der Waals surface area contributed by atoms with Crippen molar-refractivity contribution in [3.63, 3.8) is 0 Å². The van der Waals surface area contributed by atoms with Gasteiger partial charge in [-0.05, 0) is 23.8 Å². The summed E-state index contributed by atoms with van der Waals surface area (Å²) in [6, 6.07) is 6.36. The Morgan fingerprint density at radius 2 is 2.28 bits per heavy atom. The van der Waals surface area contributed by atoms with Crippen LogP contribution in [0.5, 0.6) is 0 Å². The molecule has 2 rings (SSSR count). The molecular formula is C14H13FN2O. The Bertz CT molecular complexity index is 567. The van der Waals surface area contributed by atoms with Crippen molar-refractivity contribution in [1.29, 1.82) is 0 Å². The molecule has 0 aliphatic rings. The third-order valence-electron chi connectivity index (χ3n) is 2.42. The van der Waals surface area contributed by atoms with E-state index in [0.717, 1.165) is 5.56 Å². The zero-order valence-corrected chi connectivity index (χ0v) is 9.81. The first-order valence-corrected chi connectivity index (χ1v) is 5.65. The lowest BCUT2D eigenvalue weighted by molar-refractivity contribution is 0.305. The maximum absolute atomic E-state index is 13.2. The Kier molecular flexibility index (Phi) is 4.11. The molecule has 1 heterocycles. The number of aromatic nitrogens is 2. The van der Waals surface area contributed by atoms with Gasteiger partial charge in [-0.1, -0.05) is 17.9 Å². The highest BCUT2D eigenvalue weighted by atomic mass is 19.1. The smallest absolute Gasteiger partial charge is 0.124 e. The molecular weight excluding hydrogens is 231 g/mol. The van der Waals surface area contributed by atoms with Gasteiger partial charge in [0.2, 0.25) is 0 Å². The van der Waals surface area contributed by atoms with Crippen LogP contribution in [0.25, 0.3) is 0 Å². The monoisotopic (exact) mass is 244 g/mol. The molecule has 18 heavy (non-hydrogen) atoms. The molecule has 0 bridgehead atoms. The van der Waals surface area contributed by atoms with Crippen LogP contribution in [0.2, 0.25) is 0 Å². The molecule has 0 aliphatic carbocycles. The lowest BCUT2D eigenvalue weighted by atomic mass is 10.1. The number of rotatable bonds is 3. The Morgan fingerprint density at radius 3 is 3.00 bits per heavy atom. The number of halogens is 1. The van der Waals surface area contributed by atoms with E-state index in [2.05, 4.69) is 16.9 Å². The average Bonchev–Trinajstić information content (AvgIpc) is 2.86. The van der Waals surface area contributed by atoms with E-state index in [0.29, 0.717) is 18.5 Å². The molecule has 3 nitrogen and oxygen atoms in total. The fourth-order valence-corrected chi connectivity index (χ4v) is 1.59. The van der Waals surface area contributed by atoms with Crippen LogP contribution in [0.1, 0.15) is 17.5 Å². The van der Waals surface area contributed by atoms with Crippen LogP contribution in [0.4, 0.5) is 4.39 Å². The number of benzene rings is 1. The zero-order valence-electron chi connectivity index (χ0n) is 9.81. The summed E-state index contributed by atoms with van der Waals surface area (Å²) in [5.74, 6) is 5.37. The molecule has 0 saturated heterocycles.